The molecule has 12 heteroatoms. The van der Waals surface area contributed by atoms with Crippen LogP contribution in [0.2, 0.25) is 10.0 Å². The highest BCUT2D eigenvalue weighted by molar-refractivity contribution is 8.00. The Morgan fingerprint density at radius 3 is 2.21 bits per heavy atom. The monoisotopic (exact) mass is 778 g/mol. The number of benzene rings is 5. The summed E-state index contributed by atoms with van der Waals surface area (Å²) in [7, 11) is 0. The molecule has 1 aromatic heterocycles. The van der Waals surface area contributed by atoms with E-state index in [1.807, 2.05) is 66.9 Å². The molecule has 0 saturated carbocycles. The number of hydrogen-bond acceptors (Lipinski definition) is 7. The third-order valence-corrected chi connectivity index (χ3v) is 10.5. The van der Waals surface area contributed by atoms with Gasteiger partial charge in [-0.25, -0.2) is 4.98 Å². The number of thiazole rings is 1. The number of amides is 3. The van der Waals surface area contributed by atoms with Crippen molar-refractivity contribution in [3.8, 4) is 17.0 Å². The molecule has 53 heavy (non-hydrogen) atoms. The molecule has 1 heterocycles. The van der Waals surface area contributed by atoms with E-state index in [9.17, 15) is 14.4 Å². The molecule has 1 unspecified atom stereocenters. The predicted octanol–water partition coefficient (Wildman–Crippen LogP) is 10.4. The molecular formula is C41H32Cl2N4O4S2. The van der Waals surface area contributed by atoms with Crippen LogP contribution >= 0.6 is 46.3 Å². The van der Waals surface area contributed by atoms with Gasteiger partial charge in [-0.05, 0) is 84.8 Å². The first-order valence-electron chi connectivity index (χ1n) is 16.4. The number of thioether (sulfide) groups is 1. The molecular weight excluding hydrogens is 748 g/mol. The maximum atomic E-state index is 13.7. The van der Waals surface area contributed by atoms with Gasteiger partial charge in [-0.15, -0.1) is 23.1 Å². The fraction of sp³-hybridized carbons (Fsp3) is 0.0732. The van der Waals surface area contributed by atoms with Crippen molar-refractivity contribution in [3.05, 3.63) is 165 Å². The lowest BCUT2D eigenvalue weighted by atomic mass is 10.1. The normalized spacial score (nSPS) is 11.7. The molecule has 0 radical (unpaired) electrons. The van der Waals surface area contributed by atoms with Gasteiger partial charge in [0, 0.05) is 27.1 Å². The van der Waals surface area contributed by atoms with Crippen LogP contribution in [-0.2, 0) is 9.59 Å². The third-order valence-electron chi connectivity index (χ3n) is 7.69. The summed E-state index contributed by atoms with van der Waals surface area (Å²) in [5, 5.41) is 11.2. The van der Waals surface area contributed by atoms with E-state index in [0.717, 1.165) is 16.0 Å². The lowest BCUT2D eigenvalue weighted by Crippen LogP contribution is -2.30. The molecule has 3 N–H and O–H groups in total. The van der Waals surface area contributed by atoms with Gasteiger partial charge in [0.2, 0.25) is 5.91 Å². The van der Waals surface area contributed by atoms with Crippen LogP contribution in [0.15, 0.2) is 143 Å². The second-order valence-electron chi connectivity index (χ2n) is 11.4. The summed E-state index contributed by atoms with van der Waals surface area (Å²) in [4.78, 5) is 45.8. The maximum Gasteiger partial charge on any atom is 0.272 e. The van der Waals surface area contributed by atoms with Gasteiger partial charge < -0.3 is 20.7 Å². The summed E-state index contributed by atoms with van der Waals surface area (Å²) in [5.41, 5.74) is 3.95. The van der Waals surface area contributed by atoms with Crippen LogP contribution in [0, 0.1) is 0 Å². The molecule has 0 aliphatic carbocycles. The van der Waals surface area contributed by atoms with Crippen LogP contribution in [0.3, 0.4) is 0 Å². The Morgan fingerprint density at radius 1 is 0.830 bits per heavy atom. The second kappa shape index (κ2) is 17.9. The Morgan fingerprint density at radius 2 is 1.53 bits per heavy atom. The molecule has 1 atom stereocenters. The summed E-state index contributed by atoms with van der Waals surface area (Å²) in [6, 6.07) is 37.8. The Balaban J connectivity index is 1.17. The molecule has 6 rings (SSSR count). The van der Waals surface area contributed by atoms with Crippen molar-refractivity contribution < 1.29 is 19.1 Å². The highest BCUT2D eigenvalue weighted by Gasteiger charge is 2.24. The van der Waals surface area contributed by atoms with E-state index in [1.54, 1.807) is 78.9 Å². The molecule has 0 fully saturated rings. The third kappa shape index (κ3) is 10.1. The Hall–Kier alpha value is -5.39. The summed E-state index contributed by atoms with van der Waals surface area (Å²) >= 11 is 14.9. The zero-order valence-electron chi connectivity index (χ0n) is 28.2. The van der Waals surface area contributed by atoms with E-state index in [4.69, 9.17) is 27.9 Å². The highest BCUT2D eigenvalue weighted by atomic mass is 35.5. The van der Waals surface area contributed by atoms with Gasteiger partial charge in [0.05, 0.1) is 22.3 Å². The van der Waals surface area contributed by atoms with Crippen molar-refractivity contribution in [1.82, 2.24) is 10.3 Å². The van der Waals surface area contributed by atoms with Crippen LogP contribution < -0.4 is 20.7 Å². The quantitative estimate of drug-likeness (QED) is 0.0796. The number of ether oxygens (including phenoxy) is 1. The minimum atomic E-state index is -0.606. The van der Waals surface area contributed by atoms with Gasteiger partial charge >= 0.3 is 0 Å². The minimum absolute atomic E-state index is 0.0618. The number of aromatic nitrogens is 1. The molecule has 6 aromatic rings. The van der Waals surface area contributed by atoms with Crippen LogP contribution in [-0.4, -0.2) is 29.3 Å². The van der Waals surface area contributed by atoms with E-state index in [0.29, 0.717) is 50.0 Å². The van der Waals surface area contributed by atoms with Crippen LogP contribution in [0.4, 0.5) is 10.8 Å². The van der Waals surface area contributed by atoms with Gasteiger partial charge in [0.25, 0.3) is 11.8 Å². The number of halogens is 2. The Bertz CT molecular complexity index is 2230. The number of nitrogens with one attached hydrogen (secondary N) is 3. The van der Waals surface area contributed by atoms with Gasteiger partial charge in [0.1, 0.15) is 16.7 Å². The van der Waals surface area contributed by atoms with Gasteiger partial charge in [-0.1, -0.05) is 89.9 Å². The molecule has 5 aromatic carbocycles. The first kappa shape index (κ1) is 37.4. The second-order valence-corrected chi connectivity index (χ2v) is 14.3. The van der Waals surface area contributed by atoms with E-state index in [-0.39, 0.29) is 11.6 Å². The lowest BCUT2D eigenvalue weighted by molar-refractivity contribution is -0.116. The summed E-state index contributed by atoms with van der Waals surface area (Å²) < 4.78 is 5.53. The lowest BCUT2D eigenvalue weighted by Gasteiger charge is -2.17. The number of carbonyl (C=O) groups is 3. The van der Waals surface area contributed by atoms with Gasteiger partial charge in [-0.2, -0.15) is 0 Å². The first-order valence-corrected chi connectivity index (χ1v) is 18.9. The Labute approximate surface area is 325 Å². The predicted molar refractivity (Wildman–Crippen MR) is 216 cm³/mol. The molecule has 0 bridgehead atoms. The summed E-state index contributed by atoms with van der Waals surface area (Å²) in [5.74, 6) is -0.468. The Kier molecular flexibility index (Phi) is 12.6. The van der Waals surface area contributed by atoms with Crippen molar-refractivity contribution in [1.29, 1.82) is 0 Å². The molecule has 0 aliphatic rings. The zero-order valence-corrected chi connectivity index (χ0v) is 31.4. The highest BCUT2D eigenvalue weighted by Crippen LogP contribution is 2.38. The van der Waals surface area contributed by atoms with E-state index in [1.165, 1.54) is 23.1 Å². The minimum Gasteiger partial charge on any atom is -0.494 e. The standard InChI is InChI=1S/C41H32Cl2N4O4S2/c1-2-51-31-18-13-26(14-19-31)23-35(45-38(48)28-11-7-4-8-12-28)39(49)44-30-16-20-32(21-17-30)53-37(27-9-5-3-6-10-27)40(50)47-41-46-36(25-52-41)29-15-22-33(42)34(43)24-29/h3-25,37H,2H2,1H3,(H,44,49)(H,45,48)(H,46,47,50)/b35-23-. The maximum absolute atomic E-state index is 13.7. The van der Waals surface area contributed by atoms with Crippen molar-refractivity contribution in [2.45, 2.75) is 17.1 Å². The van der Waals surface area contributed by atoms with Gasteiger partial charge in [0.15, 0.2) is 5.13 Å². The molecule has 8 nitrogen and oxygen atoms in total. The fourth-order valence-corrected chi connectivity index (χ4v) is 7.12. The topological polar surface area (TPSA) is 109 Å². The van der Waals surface area contributed by atoms with Crippen molar-refractivity contribution in [3.63, 3.8) is 0 Å². The molecule has 0 saturated heterocycles. The van der Waals surface area contributed by atoms with Gasteiger partial charge in [-0.3, -0.25) is 14.4 Å². The molecule has 266 valence electrons. The number of nitrogens with zero attached hydrogens (tertiary/aromatic N) is 1. The average molecular weight is 780 g/mol. The van der Waals surface area contributed by atoms with Crippen molar-refractivity contribution >= 4 is 80.9 Å². The first-order chi connectivity index (χ1) is 25.7. The van der Waals surface area contributed by atoms with Crippen LogP contribution in [0.5, 0.6) is 5.75 Å². The summed E-state index contributed by atoms with van der Waals surface area (Å²) in [6.45, 7) is 2.43. The zero-order chi connectivity index (χ0) is 37.2. The molecule has 0 aliphatic heterocycles. The fourth-order valence-electron chi connectivity index (χ4n) is 5.08. The van der Waals surface area contributed by atoms with Crippen molar-refractivity contribution in [2.75, 3.05) is 17.2 Å². The SMILES string of the molecule is CCOc1ccc(/C=C(\NC(=O)c2ccccc2)C(=O)Nc2ccc(SC(C(=O)Nc3nc(-c4ccc(Cl)c(Cl)c4)cs3)c3ccccc3)cc2)cc1. The summed E-state index contributed by atoms with van der Waals surface area (Å²) in [6.07, 6.45) is 1.61. The average Bonchev–Trinajstić information content (AvgIpc) is 3.65. The number of rotatable bonds is 13. The molecule has 3 amide bonds. The van der Waals surface area contributed by atoms with E-state index in [2.05, 4.69) is 20.9 Å². The van der Waals surface area contributed by atoms with Crippen LogP contribution in [0.1, 0.15) is 33.7 Å². The number of anilines is 2. The van der Waals surface area contributed by atoms with Crippen LogP contribution in [0.25, 0.3) is 17.3 Å². The largest absolute Gasteiger partial charge is 0.494 e. The van der Waals surface area contributed by atoms with E-state index < -0.39 is 17.1 Å². The molecule has 0 spiro atoms. The van der Waals surface area contributed by atoms with E-state index >= 15 is 0 Å². The smallest absolute Gasteiger partial charge is 0.272 e. The number of carbonyl (C=O) groups excluding carboxylic acids is 3. The number of hydrogen-bond donors (Lipinski definition) is 3. The van der Waals surface area contributed by atoms with Crippen molar-refractivity contribution in [2.24, 2.45) is 0 Å².